The Labute approximate surface area is 182 Å². The molecular formula is C20H21N5O3S2. The molecule has 3 rings (SSSR count). The van der Waals surface area contributed by atoms with Crippen LogP contribution in [0.5, 0.6) is 0 Å². The maximum absolute atomic E-state index is 12.6. The molecule has 0 atom stereocenters. The number of nitriles is 1. The fraction of sp³-hybridized carbons (Fsp3) is 0.300. The first-order chi connectivity index (χ1) is 14.3. The van der Waals surface area contributed by atoms with Crippen molar-refractivity contribution in [2.24, 2.45) is 5.73 Å². The summed E-state index contributed by atoms with van der Waals surface area (Å²) in [5.41, 5.74) is 8.13. The van der Waals surface area contributed by atoms with Crippen LogP contribution in [0.2, 0.25) is 0 Å². The number of nitrogens with one attached hydrogen (secondary N) is 1. The van der Waals surface area contributed by atoms with Gasteiger partial charge in [-0.25, -0.2) is 4.98 Å². The van der Waals surface area contributed by atoms with Crippen LogP contribution >= 0.6 is 23.1 Å². The molecule has 8 nitrogen and oxygen atoms in total. The van der Waals surface area contributed by atoms with Gasteiger partial charge in [0.2, 0.25) is 11.8 Å². The minimum atomic E-state index is -0.414. The lowest BCUT2D eigenvalue weighted by molar-refractivity contribution is -0.117. The zero-order valence-corrected chi connectivity index (χ0v) is 18.4. The number of anilines is 1. The monoisotopic (exact) mass is 443 g/mol. The van der Waals surface area contributed by atoms with E-state index in [1.54, 1.807) is 12.3 Å². The average Bonchev–Trinajstić information content (AvgIpc) is 3.37. The Hall–Kier alpha value is -3.03. The summed E-state index contributed by atoms with van der Waals surface area (Å²) in [7, 11) is 0. The van der Waals surface area contributed by atoms with Crippen LogP contribution in [0.1, 0.15) is 33.2 Å². The SMILES string of the molecule is Cc1nc(SCC(=O)Nc2c(C#N)c(C)c(C)n2Cc2ccco2)sc1CC(N)=O. The lowest BCUT2D eigenvalue weighted by atomic mass is 10.2. The summed E-state index contributed by atoms with van der Waals surface area (Å²) in [5, 5.41) is 12.5. The molecule has 3 N–H and O–H groups in total. The highest BCUT2D eigenvalue weighted by Crippen LogP contribution is 2.30. The van der Waals surface area contributed by atoms with Crippen LogP contribution in [0.15, 0.2) is 27.2 Å². The smallest absolute Gasteiger partial charge is 0.235 e. The highest BCUT2D eigenvalue weighted by Gasteiger charge is 2.21. The number of hydrogen-bond donors (Lipinski definition) is 2. The van der Waals surface area contributed by atoms with Gasteiger partial charge in [-0.3, -0.25) is 9.59 Å². The van der Waals surface area contributed by atoms with Crippen molar-refractivity contribution in [3.63, 3.8) is 0 Å². The van der Waals surface area contributed by atoms with E-state index in [1.807, 2.05) is 31.4 Å². The maximum Gasteiger partial charge on any atom is 0.235 e. The quantitative estimate of drug-likeness (QED) is 0.515. The van der Waals surface area contributed by atoms with Gasteiger partial charge in [0.15, 0.2) is 4.34 Å². The van der Waals surface area contributed by atoms with Crippen molar-refractivity contribution in [2.75, 3.05) is 11.1 Å². The van der Waals surface area contributed by atoms with E-state index in [0.717, 1.165) is 27.6 Å². The van der Waals surface area contributed by atoms with Crippen LogP contribution in [-0.4, -0.2) is 27.1 Å². The first-order valence-electron chi connectivity index (χ1n) is 9.09. The van der Waals surface area contributed by atoms with E-state index in [2.05, 4.69) is 16.4 Å². The molecule has 0 bridgehead atoms. The van der Waals surface area contributed by atoms with Crippen LogP contribution in [0.4, 0.5) is 5.82 Å². The number of hydrogen-bond acceptors (Lipinski definition) is 7. The zero-order valence-electron chi connectivity index (χ0n) is 16.8. The number of thioether (sulfide) groups is 1. The van der Waals surface area contributed by atoms with Gasteiger partial charge in [-0.15, -0.1) is 11.3 Å². The van der Waals surface area contributed by atoms with Crippen molar-refractivity contribution in [1.29, 1.82) is 5.26 Å². The summed E-state index contributed by atoms with van der Waals surface area (Å²) >= 11 is 2.64. The molecule has 3 aromatic heterocycles. The average molecular weight is 444 g/mol. The number of carbonyl (C=O) groups excluding carboxylic acids is 2. The highest BCUT2D eigenvalue weighted by atomic mass is 32.2. The molecule has 0 spiro atoms. The second kappa shape index (κ2) is 9.19. The van der Waals surface area contributed by atoms with E-state index in [0.29, 0.717) is 22.3 Å². The van der Waals surface area contributed by atoms with Crippen molar-refractivity contribution in [1.82, 2.24) is 9.55 Å². The summed E-state index contributed by atoms with van der Waals surface area (Å²) in [5.74, 6) is 0.641. The number of thiazole rings is 1. The maximum atomic E-state index is 12.6. The molecule has 0 unspecified atom stereocenters. The van der Waals surface area contributed by atoms with Crippen molar-refractivity contribution in [2.45, 2.75) is 38.1 Å². The van der Waals surface area contributed by atoms with Gasteiger partial charge < -0.3 is 20.0 Å². The predicted octanol–water partition coefficient (Wildman–Crippen LogP) is 3.14. The lowest BCUT2D eigenvalue weighted by Gasteiger charge is -2.11. The molecule has 0 aliphatic heterocycles. The molecule has 2 amide bonds. The number of nitrogens with two attached hydrogens (primary N) is 1. The van der Waals surface area contributed by atoms with E-state index in [1.165, 1.54) is 23.1 Å². The number of aryl methyl sites for hydroxylation is 1. The van der Waals surface area contributed by atoms with E-state index < -0.39 is 5.91 Å². The van der Waals surface area contributed by atoms with Gasteiger partial charge in [-0.1, -0.05) is 11.8 Å². The fourth-order valence-electron chi connectivity index (χ4n) is 2.97. The summed E-state index contributed by atoms with van der Waals surface area (Å²) < 4.78 is 7.98. The topological polar surface area (TPSA) is 127 Å². The van der Waals surface area contributed by atoms with Crippen LogP contribution in [0.25, 0.3) is 0 Å². The van der Waals surface area contributed by atoms with Crippen LogP contribution < -0.4 is 11.1 Å². The second-order valence-corrected chi connectivity index (χ2v) is 8.99. The van der Waals surface area contributed by atoms with Crippen molar-refractivity contribution < 1.29 is 14.0 Å². The molecule has 10 heteroatoms. The molecule has 0 aliphatic rings. The lowest BCUT2D eigenvalue weighted by Crippen LogP contribution is -2.18. The van der Waals surface area contributed by atoms with Gasteiger partial charge in [0.25, 0.3) is 0 Å². The first-order valence-corrected chi connectivity index (χ1v) is 10.9. The molecule has 0 radical (unpaired) electrons. The Bertz CT molecular complexity index is 1120. The predicted molar refractivity (Wildman–Crippen MR) is 116 cm³/mol. The third-order valence-electron chi connectivity index (χ3n) is 4.63. The molecule has 0 saturated carbocycles. The van der Waals surface area contributed by atoms with Gasteiger partial charge >= 0.3 is 0 Å². The number of nitrogens with zero attached hydrogens (tertiary/aromatic N) is 3. The minimum Gasteiger partial charge on any atom is -0.467 e. The Morgan fingerprint density at radius 2 is 2.17 bits per heavy atom. The van der Waals surface area contributed by atoms with Crippen molar-refractivity contribution in [3.05, 3.63) is 51.5 Å². The van der Waals surface area contributed by atoms with E-state index in [-0.39, 0.29) is 18.1 Å². The van der Waals surface area contributed by atoms with Gasteiger partial charge in [0, 0.05) is 10.6 Å². The second-order valence-electron chi connectivity index (χ2n) is 6.68. The Balaban J connectivity index is 1.74. The Morgan fingerprint density at radius 3 is 2.80 bits per heavy atom. The summed E-state index contributed by atoms with van der Waals surface area (Å²) in [6.45, 7) is 5.98. The summed E-state index contributed by atoms with van der Waals surface area (Å²) in [6.07, 6.45) is 1.73. The van der Waals surface area contributed by atoms with Crippen LogP contribution in [0, 0.1) is 32.1 Å². The molecule has 3 heterocycles. The fourth-order valence-corrected chi connectivity index (χ4v) is 5.01. The number of carbonyl (C=O) groups is 2. The summed E-state index contributed by atoms with van der Waals surface area (Å²) in [6, 6.07) is 5.83. The molecule has 0 fully saturated rings. The number of furan rings is 1. The van der Waals surface area contributed by atoms with Gasteiger partial charge in [0.1, 0.15) is 17.6 Å². The number of amides is 2. The third kappa shape index (κ3) is 4.75. The van der Waals surface area contributed by atoms with Crippen LogP contribution in [-0.2, 0) is 22.6 Å². The third-order valence-corrected chi connectivity index (χ3v) is 6.93. The van der Waals surface area contributed by atoms with Gasteiger partial charge in [-0.05, 0) is 38.5 Å². The first kappa shape index (κ1) is 21.7. The molecule has 30 heavy (non-hydrogen) atoms. The minimum absolute atomic E-state index is 0.123. The van der Waals surface area contributed by atoms with Crippen LogP contribution in [0.3, 0.4) is 0 Å². The van der Waals surface area contributed by atoms with E-state index in [4.69, 9.17) is 10.2 Å². The normalized spacial score (nSPS) is 10.7. The molecule has 156 valence electrons. The Morgan fingerprint density at radius 1 is 1.40 bits per heavy atom. The van der Waals surface area contributed by atoms with Gasteiger partial charge in [-0.2, -0.15) is 5.26 Å². The summed E-state index contributed by atoms with van der Waals surface area (Å²) in [4.78, 5) is 28.9. The largest absolute Gasteiger partial charge is 0.467 e. The standard InChI is InChI=1S/C20H21N5O3S2/c1-11-13(3)25(9-14-5-4-6-28-14)19(15(11)8-21)24-18(27)10-29-20-23-12(2)16(30-20)7-17(22)26/h4-6H,7,9-10H2,1-3H3,(H2,22,26)(H,24,27). The molecule has 0 aliphatic carbocycles. The van der Waals surface area contributed by atoms with Crippen molar-refractivity contribution >= 4 is 40.7 Å². The molecular weight excluding hydrogens is 422 g/mol. The number of primary amides is 1. The van der Waals surface area contributed by atoms with Gasteiger partial charge in [0.05, 0.1) is 36.2 Å². The Kier molecular flexibility index (Phi) is 6.64. The highest BCUT2D eigenvalue weighted by molar-refractivity contribution is 8.01. The number of aromatic nitrogens is 2. The van der Waals surface area contributed by atoms with Crippen molar-refractivity contribution in [3.8, 4) is 6.07 Å². The zero-order chi connectivity index (χ0) is 21.8. The molecule has 0 aromatic carbocycles. The van der Waals surface area contributed by atoms with E-state index in [9.17, 15) is 14.9 Å². The van der Waals surface area contributed by atoms with E-state index >= 15 is 0 Å². The molecule has 0 saturated heterocycles. The number of rotatable bonds is 8. The molecule has 3 aromatic rings.